The van der Waals surface area contributed by atoms with E-state index < -0.39 is 0 Å². The van der Waals surface area contributed by atoms with Gasteiger partial charge >= 0.3 is 0 Å². The second-order valence-electron chi connectivity index (χ2n) is 5.72. The number of hydrogen-bond donors (Lipinski definition) is 1. The van der Waals surface area contributed by atoms with E-state index in [-0.39, 0.29) is 24.5 Å². The third-order valence-electron chi connectivity index (χ3n) is 4.37. The highest BCUT2D eigenvalue weighted by molar-refractivity contribution is 5.34. The van der Waals surface area contributed by atoms with E-state index in [2.05, 4.69) is 48.5 Å². The number of aliphatic hydroxyl groups is 1. The molecule has 2 aromatic rings. The Morgan fingerprint density at radius 2 is 1.52 bits per heavy atom. The van der Waals surface area contributed by atoms with Gasteiger partial charge in [0, 0.05) is 25.0 Å². The van der Waals surface area contributed by atoms with Crippen LogP contribution in [-0.2, 0) is 4.74 Å². The van der Waals surface area contributed by atoms with Crippen LogP contribution in [-0.4, -0.2) is 24.4 Å². The molecule has 1 aliphatic heterocycles. The minimum Gasteiger partial charge on any atom is -0.396 e. The summed E-state index contributed by atoms with van der Waals surface area (Å²) in [6.45, 7) is 0.984. The highest BCUT2D eigenvalue weighted by Gasteiger charge is 2.34. The second-order valence-corrected chi connectivity index (χ2v) is 5.72. The highest BCUT2D eigenvalue weighted by Crippen LogP contribution is 2.36. The summed E-state index contributed by atoms with van der Waals surface area (Å²) in [5.41, 5.74) is 2.52. The summed E-state index contributed by atoms with van der Waals surface area (Å²) in [6.07, 6.45) is 2.13. The van der Waals surface area contributed by atoms with Crippen molar-refractivity contribution < 1.29 is 9.84 Å². The van der Waals surface area contributed by atoms with Crippen LogP contribution in [0.15, 0.2) is 60.7 Å². The lowest BCUT2D eigenvalue weighted by Crippen LogP contribution is -2.37. The number of hydrogen-bond acceptors (Lipinski definition) is 2. The third kappa shape index (κ3) is 3.17. The normalized spacial score (nSPS) is 22.4. The average molecular weight is 282 g/mol. The Balaban J connectivity index is 2.00. The topological polar surface area (TPSA) is 29.5 Å². The van der Waals surface area contributed by atoms with Crippen LogP contribution in [0.2, 0.25) is 0 Å². The van der Waals surface area contributed by atoms with E-state index in [1.807, 2.05) is 12.1 Å². The second kappa shape index (κ2) is 6.88. The van der Waals surface area contributed by atoms with Crippen molar-refractivity contribution in [3.05, 3.63) is 71.8 Å². The Kier molecular flexibility index (Phi) is 4.69. The lowest BCUT2D eigenvalue weighted by molar-refractivity contribution is -0.0516. The molecule has 0 aliphatic carbocycles. The maximum Gasteiger partial charge on any atom is 0.0734 e. The molecule has 0 aromatic heterocycles. The Bertz CT molecular complexity index is 499. The fourth-order valence-electron chi connectivity index (χ4n) is 3.32. The van der Waals surface area contributed by atoms with Gasteiger partial charge in [-0.1, -0.05) is 60.7 Å². The summed E-state index contributed by atoms with van der Waals surface area (Å²) < 4.78 is 6.09. The zero-order chi connectivity index (χ0) is 14.5. The van der Waals surface area contributed by atoms with Crippen molar-refractivity contribution in [2.45, 2.75) is 24.9 Å². The molecular weight excluding hydrogens is 260 g/mol. The predicted molar refractivity (Wildman–Crippen MR) is 84.3 cm³/mol. The van der Waals surface area contributed by atoms with Gasteiger partial charge in [0.05, 0.1) is 6.10 Å². The van der Waals surface area contributed by atoms with E-state index in [0.717, 1.165) is 19.4 Å². The van der Waals surface area contributed by atoms with Crippen LogP contribution in [0.1, 0.15) is 29.9 Å². The van der Waals surface area contributed by atoms with Gasteiger partial charge in [0.15, 0.2) is 0 Å². The fourth-order valence-corrected chi connectivity index (χ4v) is 3.32. The van der Waals surface area contributed by atoms with Gasteiger partial charge in [0.2, 0.25) is 0 Å². The van der Waals surface area contributed by atoms with Gasteiger partial charge in [-0.25, -0.2) is 0 Å². The molecule has 0 radical (unpaired) electrons. The minimum atomic E-state index is 0.0496. The van der Waals surface area contributed by atoms with E-state index >= 15 is 0 Å². The molecule has 2 heteroatoms. The summed E-state index contributed by atoms with van der Waals surface area (Å²) >= 11 is 0. The lowest BCUT2D eigenvalue weighted by Gasteiger charge is -2.37. The Hall–Kier alpha value is -1.64. The average Bonchev–Trinajstić information content (AvgIpc) is 2.58. The molecule has 1 fully saturated rings. The molecule has 1 heterocycles. The molecule has 2 atom stereocenters. The quantitative estimate of drug-likeness (QED) is 0.928. The third-order valence-corrected chi connectivity index (χ3v) is 4.37. The molecule has 2 unspecified atom stereocenters. The van der Waals surface area contributed by atoms with Crippen LogP contribution in [0, 0.1) is 5.92 Å². The Labute approximate surface area is 126 Å². The number of benzene rings is 2. The SMILES string of the molecule is OCC1CCCOC1C(c1ccccc1)c1ccccc1. The van der Waals surface area contributed by atoms with E-state index in [4.69, 9.17) is 4.74 Å². The zero-order valence-corrected chi connectivity index (χ0v) is 12.2. The van der Waals surface area contributed by atoms with Crippen molar-refractivity contribution in [3.63, 3.8) is 0 Å². The molecule has 21 heavy (non-hydrogen) atoms. The first-order valence-corrected chi connectivity index (χ1v) is 7.72. The maximum absolute atomic E-state index is 9.72. The van der Waals surface area contributed by atoms with Gasteiger partial charge in [-0.15, -0.1) is 0 Å². The van der Waals surface area contributed by atoms with Crippen molar-refractivity contribution in [1.82, 2.24) is 0 Å². The van der Waals surface area contributed by atoms with Crippen LogP contribution in [0.4, 0.5) is 0 Å². The first-order valence-electron chi connectivity index (χ1n) is 7.72. The first kappa shape index (κ1) is 14.3. The molecule has 3 rings (SSSR count). The summed E-state index contributed by atoms with van der Waals surface area (Å²) in [4.78, 5) is 0. The molecule has 1 N–H and O–H groups in total. The van der Waals surface area contributed by atoms with E-state index in [9.17, 15) is 5.11 Å². The molecule has 0 saturated carbocycles. The van der Waals surface area contributed by atoms with Crippen molar-refractivity contribution in [2.24, 2.45) is 5.92 Å². The standard InChI is InChI=1S/C19H22O2/c20-14-17-12-7-13-21-19(17)18(15-8-3-1-4-9-15)16-10-5-2-6-11-16/h1-6,8-11,17-20H,7,12-14H2. The molecule has 2 nitrogen and oxygen atoms in total. The van der Waals surface area contributed by atoms with Crippen molar-refractivity contribution >= 4 is 0 Å². The van der Waals surface area contributed by atoms with Crippen LogP contribution >= 0.6 is 0 Å². The van der Waals surface area contributed by atoms with E-state index in [1.54, 1.807) is 0 Å². The molecule has 110 valence electrons. The monoisotopic (exact) mass is 282 g/mol. The molecule has 2 aromatic carbocycles. The van der Waals surface area contributed by atoms with Crippen molar-refractivity contribution in [1.29, 1.82) is 0 Å². The van der Waals surface area contributed by atoms with Gasteiger partial charge in [-0.05, 0) is 24.0 Å². The molecule has 0 bridgehead atoms. The summed E-state index contributed by atoms with van der Waals surface area (Å²) in [7, 11) is 0. The maximum atomic E-state index is 9.72. The molecule has 1 aliphatic rings. The molecule has 0 spiro atoms. The summed E-state index contributed by atoms with van der Waals surface area (Å²) in [5, 5.41) is 9.72. The van der Waals surface area contributed by atoms with Gasteiger partial charge in [-0.2, -0.15) is 0 Å². The Morgan fingerprint density at radius 3 is 2.05 bits per heavy atom. The summed E-state index contributed by atoms with van der Waals surface area (Å²) in [5.74, 6) is 0.397. The van der Waals surface area contributed by atoms with Gasteiger partial charge in [-0.3, -0.25) is 0 Å². The Morgan fingerprint density at radius 1 is 0.952 bits per heavy atom. The predicted octanol–water partition coefficient (Wildman–Crippen LogP) is 3.61. The van der Waals surface area contributed by atoms with Crippen LogP contribution < -0.4 is 0 Å². The van der Waals surface area contributed by atoms with Gasteiger partial charge < -0.3 is 9.84 Å². The van der Waals surface area contributed by atoms with Crippen LogP contribution in [0.25, 0.3) is 0 Å². The smallest absolute Gasteiger partial charge is 0.0734 e. The van der Waals surface area contributed by atoms with Crippen molar-refractivity contribution in [3.8, 4) is 0 Å². The number of rotatable bonds is 4. The first-order chi connectivity index (χ1) is 10.4. The van der Waals surface area contributed by atoms with Crippen LogP contribution in [0.5, 0.6) is 0 Å². The number of aliphatic hydroxyl groups excluding tert-OH is 1. The minimum absolute atomic E-state index is 0.0496. The van der Waals surface area contributed by atoms with E-state index in [0.29, 0.717) is 0 Å². The largest absolute Gasteiger partial charge is 0.396 e. The fraction of sp³-hybridized carbons (Fsp3) is 0.368. The zero-order valence-electron chi connectivity index (χ0n) is 12.2. The molecule has 1 saturated heterocycles. The van der Waals surface area contributed by atoms with Crippen molar-refractivity contribution in [2.75, 3.05) is 13.2 Å². The van der Waals surface area contributed by atoms with E-state index in [1.165, 1.54) is 11.1 Å². The summed E-state index contributed by atoms with van der Waals surface area (Å²) in [6, 6.07) is 21.0. The number of ether oxygens (including phenoxy) is 1. The van der Waals surface area contributed by atoms with Gasteiger partial charge in [0.1, 0.15) is 0 Å². The molecule has 0 amide bonds. The highest BCUT2D eigenvalue weighted by atomic mass is 16.5. The molecular formula is C19H22O2. The lowest BCUT2D eigenvalue weighted by atomic mass is 9.78. The van der Waals surface area contributed by atoms with Crippen LogP contribution in [0.3, 0.4) is 0 Å². The van der Waals surface area contributed by atoms with Gasteiger partial charge in [0.25, 0.3) is 0 Å².